The molecule has 4 nitrogen and oxygen atoms in total. The van der Waals surface area contributed by atoms with Gasteiger partial charge in [-0.2, -0.15) is 11.8 Å². The van der Waals surface area contributed by atoms with Crippen LogP contribution in [0.2, 0.25) is 0 Å². The number of nitrogens with zero attached hydrogens (tertiary/aromatic N) is 2. The first-order chi connectivity index (χ1) is 7.86. The van der Waals surface area contributed by atoms with Crippen LogP contribution in [-0.2, 0) is 4.74 Å². The van der Waals surface area contributed by atoms with Gasteiger partial charge in [0.05, 0.1) is 12.6 Å². The Bertz CT molecular complexity index is 241. The van der Waals surface area contributed by atoms with E-state index in [0.29, 0.717) is 12.1 Å². The van der Waals surface area contributed by atoms with Crippen molar-refractivity contribution in [1.29, 1.82) is 0 Å². The summed E-state index contributed by atoms with van der Waals surface area (Å²) in [6.07, 6.45) is 3.89. The largest absolute Gasteiger partial charge is 0.376 e. The molecule has 0 saturated carbocycles. The fourth-order valence-electron chi connectivity index (χ4n) is 2.04. The summed E-state index contributed by atoms with van der Waals surface area (Å²) in [5, 5.41) is 0. The second kappa shape index (κ2) is 8.42. The van der Waals surface area contributed by atoms with Gasteiger partial charge in [0.15, 0.2) is 5.96 Å². The Morgan fingerprint density at radius 3 is 2.76 bits per heavy atom. The zero-order chi connectivity index (χ0) is 11.2. The Morgan fingerprint density at radius 2 is 2.12 bits per heavy atom. The van der Waals surface area contributed by atoms with Crippen molar-refractivity contribution in [3.05, 3.63) is 0 Å². The van der Waals surface area contributed by atoms with Crippen LogP contribution < -0.4 is 5.73 Å². The van der Waals surface area contributed by atoms with E-state index in [2.05, 4.69) is 9.89 Å². The van der Waals surface area contributed by atoms with Crippen molar-refractivity contribution >= 4 is 41.7 Å². The number of thioether (sulfide) groups is 1. The highest BCUT2D eigenvalue weighted by molar-refractivity contribution is 14.0. The molecule has 2 heterocycles. The van der Waals surface area contributed by atoms with Crippen LogP contribution in [0.4, 0.5) is 0 Å². The van der Waals surface area contributed by atoms with Crippen LogP contribution >= 0.6 is 35.7 Å². The number of hydrogen-bond donors (Lipinski definition) is 1. The molecule has 1 unspecified atom stereocenters. The zero-order valence-corrected chi connectivity index (χ0v) is 13.3. The zero-order valence-electron chi connectivity index (χ0n) is 10.1. The van der Waals surface area contributed by atoms with Gasteiger partial charge < -0.3 is 15.4 Å². The minimum absolute atomic E-state index is 0. The maximum absolute atomic E-state index is 5.98. The fourth-order valence-corrected chi connectivity index (χ4v) is 2.94. The summed E-state index contributed by atoms with van der Waals surface area (Å²) >= 11 is 1.99. The van der Waals surface area contributed by atoms with E-state index in [1.807, 2.05) is 11.8 Å². The lowest BCUT2D eigenvalue weighted by atomic mass is 10.1. The van der Waals surface area contributed by atoms with Gasteiger partial charge >= 0.3 is 0 Å². The first-order valence-electron chi connectivity index (χ1n) is 6.10. The molecule has 0 aromatic carbocycles. The van der Waals surface area contributed by atoms with Gasteiger partial charge in [0, 0.05) is 31.2 Å². The molecule has 2 fully saturated rings. The van der Waals surface area contributed by atoms with Crippen LogP contribution in [0, 0.1) is 0 Å². The van der Waals surface area contributed by atoms with Crippen LogP contribution in [0.3, 0.4) is 0 Å². The third-order valence-electron chi connectivity index (χ3n) is 3.07. The summed E-state index contributed by atoms with van der Waals surface area (Å²) < 4.78 is 5.63. The molecular formula is C11H22IN3OS. The number of guanidine groups is 1. The molecule has 0 aliphatic carbocycles. The molecule has 2 rings (SSSR count). The predicted octanol–water partition coefficient (Wildman–Crippen LogP) is 1.54. The van der Waals surface area contributed by atoms with Crippen LogP contribution in [0.5, 0.6) is 0 Å². The van der Waals surface area contributed by atoms with Gasteiger partial charge in [-0.15, -0.1) is 24.0 Å². The van der Waals surface area contributed by atoms with Crippen LogP contribution in [0.15, 0.2) is 4.99 Å². The first-order valence-corrected chi connectivity index (χ1v) is 7.26. The Labute approximate surface area is 125 Å². The standard InChI is InChI=1S/C11H21N3OS.HI/c12-11(14-4-7-16-8-5-14)13-9-10-3-1-2-6-15-10;/h10H,1-9H2,(H2,12,13);1H. The van der Waals surface area contributed by atoms with Crippen molar-refractivity contribution in [2.24, 2.45) is 10.7 Å². The summed E-state index contributed by atoms with van der Waals surface area (Å²) in [5.41, 5.74) is 5.98. The Morgan fingerprint density at radius 1 is 1.35 bits per heavy atom. The molecule has 100 valence electrons. The van der Waals surface area contributed by atoms with Gasteiger partial charge in [-0.05, 0) is 19.3 Å². The molecule has 17 heavy (non-hydrogen) atoms. The second-order valence-corrected chi connectivity index (χ2v) is 5.51. The third kappa shape index (κ3) is 5.21. The molecule has 0 amide bonds. The summed E-state index contributed by atoms with van der Waals surface area (Å²) in [5.74, 6) is 3.03. The molecule has 0 bridgehead atoms. The monoisotopic (exact) mass is 371 g/mol. The topological polar surface area (TPSA) is 50.9 Å². The van der Waals surface area contributed by atoms with E-state index >= 15 is 0 Å². The molecule has 6 heteroatoms. The van der Waals surface area contributed by atoms with Crippen LogP contribution in [0.25, 0.3) is 0 Å². The maximum atomic E-state index is 5.98. The van der Waals surface area contributed by atoms with Gasteiger partial charge in [-0.25, -0.2) is 0 Å². The lowest BCUT2D eigenvalue weighted by molar-refractivity contribution is 0.0223. The van der Waals surface area contributed by atoms with E-state index < -0.39 is 0 Å². The van der Waals surface area contributed by atoms with Crippen molar-refractivity contribution in [2.75, 3.05) is 37.7 Å². The van der Waals surface area contributed by atoms with Crippen molar-refractivity contribution in [3.8, 4) is 0 Å². The van der Waals surface area contributed by atoms with Crippen molar-refractivity contribution in [1.82, 2.24) is 4.90 Å². The summed E-state index contributed by atoms with van der Waals surface area (Å²) in [6.45, 7) is 3.69. The molecular weight excluding hydrogens is 349 g/mol. The fraction of sp³-hybridized carbons (Fsp3) is 0.909. The lowest BCUT2D eigenvalue weighted by Gasteiger charge is -2.28. The van der Waals surface area contributed by atoms with Crippen molar-refractivity contribution in [3.63, 3.8) is 0 Å². The SMILES string of the molecule is I.NC(=NCC1CCCCO1)N1CCSCC1. The number of rotatable bonds is 2. The van der Waals surface area contributed by atoms with E-state index in [4.69, 9.17) is 10.5 Å². The number of halogens is 1. The summed E-state index contributed by atoms with van der Waals surface area (Å²) in [7, 11) is 0. The van der Waals surface area contributed by atoms with Crippen molar-refractivity contribution in [2.45, 2.75) is 25.4 Å². The first kappa shape index (κ1) is 15.4. The Kier molecular flexibility index (Phi) is 7.61. The van der Waals surface area contributed by atoms with Crippen LogP contribution in [0.1, 0.15) is 19.3 Å². The Hall–Kier alpha value is 0.310. The molecule has 1 atom stereocenters. The number of aliphatic imine (C=N–C) groups is 1. The molecule has 2 aliphatic heterocycles. The van der Waals surface area contributed by atoms with E-state index in [9.17, 15) is 0 Å². The molecule has 2 saturated heterocycles. The average Bonchev–Trinajstić information content (AvgIpc) is 2.38. The highest BCUT2D eigenvalue weighted by Gasteiger charge is 2.15. The molecule has 2 N–H and O–H groups in total. The lowest BCUT2D eigenvalue weighted by Crippen LogP contribution is -2.43. The van der Waals surface area contributed by atoms with E-state index in [-0.39, 0.29) is 24.0 Å². The van der Waals surface area contributed by atoms with Gasteiger partial charge in [-0.3, -0.25) is 4.99 Å². The minimum Gasteiger partial charge on any atom is -0.376 e. The van der Waals surface area contributed by atoms with Gasteiger partial charge in [0.2, 0.25) is 0 Å². The quantitative estimate of drug-likeness (QED) is 0.455. The molecule has 0 radical (unpaired) electrons. The number of nitrogens with two attached hydrogens (primary N) is 1. The highest BCUT2D eigenvalue weighted by Crippen LogP contribution is 2.13. The smallest absolute Gasteiger partial charge is 0.191 e. The van der Waals surface area contributed by atoms with Gasteiger partial charge in [0.1, 0.15) is 0 Å². The highest BCUT2D eigenvalue weighted by atomic mass is 127. The van der Waals surface area contributed by atoms with Gasteiger partial charge in [-0.1, -0.05) is 0 Å². The second-order valence-electron chi connectivity index (χ2n) is 4.29. The molecule has 2 aliphatic rings. The molecule has 0 aromatic rings. The summed E-state index contributed by atoms with van der Waals surface area (Å²) in [6, 6.07) is 0. The maximum Gasteiger partial charge on any atom is 0.191 e. The minimum atomic E-state index is 0. The molecule has 0 spiro atoms. The predicted molar refractivity (Wildman–Crippen MR) is 84.4 cm³/mol. The number of hydrogen-bond acceptors (Lipinski definition) is 3. The average molecular weight is 371 g/mol. The summed E-state index contributed by atoms with van der Waals surface area (Å²) in [4.78, 5) is 6.64. The normalized spacial score (nSPS) is 26.5. The third-order valence-corrected chi connectivity index (χ3v) is 4.01. The van der Waals surface area contributed by atoms with Crippen LogP contribution in [-0.4, -0.2) is 54.7 Å². The van der Waals surface area contributed by atoms with E-state index in [1.165, 1.54) is 12.8 Å². The van der Waals surface area contributed by atoms with Crippen molar-refractivity contribution < 1.29 is 4.74 Å². The number of ether oxygens (including phenoxy) is 1. The van der Waals surface area contributed by atoms with Gasteiger partial charge in [0.25, 0.3) is 0 Å². The van der Waals surface area contributed by atoms with E-state index in [1.54, 1.807) is 0 Å². The molecule has 0 aromatic heterocycles. The van der Waals surface area contributed by atoms with E-state index in [0.717, 1.165) is 44.2 Å². The Balaban J connectivity index is 0.00000144.